The number of hydrogen-bond acceptors (Lipinski definition) is 3. The van der Waals surface area contributed by atoms with Gasteiger partial charge in [0.25, 0.3) is 5.91 Å². The highest BCUT2D eigenvalue weighted by Crippen LogP contribution is 2.25. The molecule has 0 aromatic heterocycles. The van der Waals surface area contributed by atoms with Gasteiger partial charge in [-0.25, -0.2) is 0 Å². The summed E-state index contributed by atoms with van der Waals surface area (Å²) in [5.41, 5.74) is 2.60. The van der Waals surface area contributed by atoms with Crippen LogP contribution in [0.15, 0.2) is 71.2 Å². The highest BCUT2D eigenvalue weighted by molar-refractivity contribution is 9.10. The molecule has 0 bridgehead atoms. The second-order valence-corrected chi connectivity index (χ2v) is 9.47. The average molecular weight is 564 g/mol. The zero-order valence-electron chi connectivity index (χ0n) is 18.9. The Morgan fingerprint density at radius 2 is 1.79 bits per heavy atom. The number of amides is 2. The van der Waals surface area contributed by atoms with Gasteiger partial charge in [-0.2, -0.15) is 0 Å². The van der Waals surface area contributed by atoms with Crippen LogP contribution in [0.3, 0.4) is 0 Å². The Hall–Kier alpha value is -2.54. The van der Waals surface area contributed by atoms with Crippen LogP contribution in [0.4, 0.5) is 0 Å². The molecule has 0 spiro atoms. The van der Waals surface area contributed by atoms with E-state index >= 15 is 0 Å². The molecule has 3 rings (SSSR count). The molecule has 8 heteroatoms. The Bertz CT molecular complexity index is 1160. The molecule has 0 unspecified atom stereocenters. The van der Waals surface area contributed by atoms with Gasteiger partial charge in [0, 0.05) is 34.5 Å². The quantitative estimate of drug-likeness (QED) is 0.356. The Balaban J connectivity index is 1.90. The largest absolute Gasteiger partial charge is 0.484 e. The third-order valence-electron chi connectivity index (χ3n) is 5.37. The van der Waals surface area contributed by atoms with Crippen LogP contribution in [0.1, 0.15) is 16.7 Å². The van der Waals surface area contributed by atoms with Crippen molar-refractivity contribution >= 4 is 50.9 Å². The molecule has 0 heterocycles. The van der Waals surface area contributed by atoms with Crippen molar-refractivity contribution in [3.05, 3.63) is 97.9 Å². The Kier molecular flexibility index (Phi) is 9.39. The summed E-state index contributed by atoms with van der Waals surface area (Å²) in [7, 11) is 1.55. The number of halogens is 3. The van der Waals surface area contributed by atoms with E-state index in [1.54, 1.807) is 31.3 Å². The molecule has 3 aromatic carbocycles. The fourth-order valence-corrected chi connectivity index (χ4v) is 4.20. The van der Waals surface area contributed by atoms with Crippen LogP contribution in [0.2, 0.25) is 10.0 Å². The summed E-state index contributed by atoms with van der Waals surface area (Å²) in [6, 6.07) is 19.4. The van der Waals surface area contributed by atoms with Crippen molar-refractivity contribution in [1.29, 1.82) is 0 Å². The van der Waals surface area contributed by atoms with Crippen LogP contribution in [-0.4, -0.2) is 36.4 Å². The van der Waals surface area contributed by atoms with E-state index in [1.165, 1.54) is 4.90 Å². The summed E-state index contributed by atoms with van der Waals surface area (Å²) >= 11 is 15.9. The topological polar surface area (TPSA) is 58.6 Å². The molecule has 1 N–H and O–H groups in total. The minimum absolute atomic E-state index is 0.127. The molecule has 2 amide bonds. The molecular formula is C26H25BrCl2N2O3. The summed E-state index contributed by atoms with van der Waals surface area (Å²) in [6.45, 7) is 1.84. The van der Waals surface area contributed by atoms with Gasteiger partial charge in [0.1, 0.15) is 11.8 Å². The lowest BCUT2D eigenvalue weighted by atomic mass is 10.0. The van der Waals surface area contributed by atoms with E-state index in [0.717, 1.165) is 15.6 Å². The van der Waals surface area contributed by atoms with Crippen LogP contribution in [0.5, 0.6) is 5.75 Å². The molecule has 3 aromatic rings. The molecule has 0 aliphatic heterocycles. The molecule has 0 aliphatic carbocycles. The lowest BCUT2D eigenvalue weighted by Crippen LogP contribution is -2.51. The number of rotatable bonds is 9. The smallest absolute Gasteiger partial charge is 0.261 e. The normalized spacial score (nSPS) is 11.6. The lowest BCUT2D eigenvalue weighted by molar-refractivity contribution is -0.142. The van der Waals surface area contributed by atoms with Crippen molar-refractivity contribution in [2.75, 3.05) is 13.7 Å². The van der Waals surface area contributed by atoms with Crippen LogP contribution in [-0.2, 0) is 22.6 Å². The van der Waals surface area contributed by atoms with Crippen molar-refractivity contribution in [3.8, 4) is 5.75 Å². The summed E-state index contributed by atoms with van der Waals surface area (Å²) in [6.07, 6.45) is 0.342. The van der Waals surface area contributed by atoms with Crippen molar-refractivity contribution < 1.29 is 14.3 Å². The van der Waals surface area contributed by atoms with Gasteiger partial charge >= 0.3 is 0 Å². The predicted molar refractivity (Wildman–Crippen MR) is 139 cm³/mol. The second-order valence-electron chi connectivity index (χ2n) is 7.78. The van der Waals surface area contributed by atoms with E-state index < -0.39 is 6.04 Å². The van der Waals surface area contributed by atoms with Crippen LogP contribution in [0, 0.1) is 6.92 Å². The maximum absolute atomic E-state index is 13.4. The molecule has 0 radical (unpaired) electrons. The summed E-state index contributed by atoms with van der Waals surface area (Å²) in [5.74, 6) is -0.0454. The van der Waals surface area contributed by atoms with Crippen LogP contribution >= 0.6 is 39.1 Å². The molecule has 34 heavy (non-hydrogen) atoms. The van der Waals surface area contributed by atoms with Gasteiger partial charge in [-0.05, 0) is 53.9 Å². The molecule has 1 atom stereocenters. The molecule has 0 aliphatic rings. The van der Waals surface area contributed by atoms with Gasteiger partial charge in [-0.1, -0.05) is 75.5 Å². The molecule has 5 nitrogen and oxygen atoms in total. The fourth-order valence-electron chi connectivity index (χ4n) is 3.49. The van der Waals surface area contributed by atoms with E-state index in [9.17, 15) is 9.59 Å². The van der Waals surface area contributed by atoms with Crippen molar-refractivity contribution in [1.82, 2.24) is 10.2 Å². The molecule has 0 saturated heterocycles. The third kappa shape index (κ3) is 6.98. The molecule has 0 fully saturated rings. The summed E-state index contributed by atoms with van der Waals surface area (Å²) in [4.78, 5) is 27.9. The zero-order valence-corrected chi connectivity index (χ0v) is 22.0. The number of hydrogen-bond donors (Lipinski definition) is 1. The molecule has 178 valence electrons. The molecule has 0 saturated carbocycles. The van der Waals surface area contributed by atoms with E-state index in [-0.39, 0.29) is 25.0 Å². The number of nitrogens with one attached hydrogen (secondary N) is 1. The number of nitrogens with zero attached hydrogens (tertiary/aromatic N) is 1. The summed E-state index contributed by atoms with van der Waals surface area (Å²) in [5, 5.41) is 3.60. The predicted octanol–water partition coefficient (Wildman–Crippen LogP) is 5.83. The zero-order chi connectivity index (χ0) is 24.7. The Morgan fingerprint density at radius 1 is 1.06 bits per heavy atom. The van der Waals surface area contributed by atoms with Gasteiger partial charge in [0.2, 0.25) is 5.91 Å². The number of benzene rings is 3. The maximum Gasteiger partial charge on any atom is 0.261 e. The number of likely N-dealkylation sites (N-methyl/N-ethyl adjacent to an activating group) is 1. The summed E-state index contributed by atoms with van der Waals surface area (Å²) < 4.78 is 6.74. The number of aryl methyl sites for hydroxylation is 1. The number of ether oxygens (including phenoxy) is 1. The van der Waals surface area contributed by atoms with E-state index in [2.05, 4.69) is 21.2 Å². The van der Waals surface area contributed by atoms with E-state index in [0.29, 0.717) is 27.8 Å². The monoisotopic (exact) mass is 562 g/mol. The van der Waals surface area contributed by atoms with Crippen molar-refractivity contribution in [2.45, 2.75) is 25.9 Å². The van der Waals surface area contributed by atoms with Gasteiger partial charge in [-0.15, -0.1) is 0 Å². The van der Waals surface area contributed by atoms with Gasteiger partial charge in [-0.3, -0.25) is 9.59 Å². The minimum atomic E-state index is -0.762. The van der Waals surface area contributed by atoms with Crippen LogP contribution < -0.4 is 10.1 Å². The number of carbonyl (C=O) groups excluding carboxylic acids is 2. The highest BCUT2D eigenvalue weighted by Gasteiger charge is 2.30. The third-order valence-corrected chi connectivity index (χ3v) is 6.84. The maximum atomic E-state index is 13.4. The van der Waals surface area contributed by atoms with Gasteiger partial charge in [0.05, 0.1) is 0 Å². The van der Waals surface area contributed by atoms with Gasteiger partial charge in [0.15, 0.2) is 6.61 Å². The van der Waals surface area contributed by atoms with Crippen molar-refractivity contribution in [3.63, 3.8) is 0 Å². The SMILES string of the molecule is CNC(=O)[C@H](Cc1ccccc1)N(Cc1ccc(Cl)cc1Cl)C(=O)COc1ccc(Br)c(C)c1. The first-order valence-corrected chi connectivity index (χ1v) is 12.2. The Morgan fingerprint density at radius 3 is 2.44 bits per heavy atom. The van der Waals surface area contributed by atoms with Crippen LogP contribution in [0.25, 0.3) is 0 Å². The fraction of sp³-hybridized carbons (Fsp3) is 0.231. The highest BCUT2D eigenvalue weighted by atomic mass is 79.9. The van der Waals surface area contributed by atoms with E-state index in [4.69, 9.17) is 27.9 Å². The minimum Gasteiger partial charge on any atom is -0.484 e. The average Bonchev–Trinajstić information content (AvgIpc) is 2.83. The van der Waals surface area contributed by atoms with Crippen molar-refractivity contribution in [2.24, 2.45) is 0 Å². The first-order chi connectivity index (χ1) is 16.3. The van der Waals surface area contributed by atoms with Gasteiger partial charge < -0.3 is 15.0 Å². The first-order valence-electron chi connectivity index (χ1n) is 10.7. The standard InChI is InChI=1S/C26H25BrCl2N2O3/c1-17-12-21(10-11-22(17)27)34-16-25(32)31(15-19-8-9-20(28)14-23(19)29)24(26(33)30-2)13-18-6-4-3-5-7-18/h3-12,14,24H,13,15-16H2,1-2H3,(H,30,33)/t24-/m0/s1. The Labute approximate surface area is 218 Å². The second kappa shape index (κ2) is 12.2. The number of carbonyl (C=O) groups is 2. The first kappa shape index (κ1) is 26.1. The lowest BCUT2D eigenvalue weighted by Gasteiger charge is -2.31. The molecular weight excluding hydrogens is 539 g/mol. The van der Waals surface area contributed by atoms with E-state index in [1.807, 2.05) is 49.4 Å².